The second-order valence-corrected chi connectivity index (χ2v) is 4.16. The molecule has 0 saturated heterocycles. The van der Waals surface area contributed by atoms with Crippen LogP contribution in [0.2, 0.25) is 0 Å². The summed E-state index contributed by atoms with van der Waals surface area (Å²) in [5, 5.41) is 5.28. The summed E-state index contributed by atoms with van der Waals surface area (Å²) in [7, 11) is 1.42. The lowest BCUT2D eigenvalue weighted by Gasteiger charge is -2.10. The Kier molecular flexibility index (Phi) is 2.59. The van der Waals surface area contributed by atoms with Gasteiger partial charge in [-0.3, -0.25) is 0 Å². The molecule has 1 aromatic heterocycles. The van der Waals surface area contributed by atoms with Crippen molar-refractivity contribution in [3.63, 3.8) is 0 Å². The maximum Gasteiger partial charge on any atom is 0.167 e. The van der Waals surface area contributed by atoms with Crippen LogP contribution in [-0.4, -0.2) is 16.9 Å². The van der Waals surface area contributed by atoms with Crippen molar-refractivity contribution in [2.45, 2.75) is 0 Å². The second-order valence-electron chi connectivity index (χ2n) is 4.16. The molecule has 0 radical (unpaired) electrons. The summed E-state index contributed by atoms with van der Waals surface area (Å²) in [4.78, 5) is 0. The SMILES string of the molecule is COc1cc(-n2ncc3ccccc32)c(N)cc1F. The molecule has 0 unspecified atom stereocenters. The smallest absolute Gasteiger partial charge is 0.167 e. The van der Waals surface area contributed by atoms with Crippen molar-refractivity contribution in [1.29, 1.82) is 0 Å². The molecule has 3 aromatic rings. The lowest BCUT2D eigenvalue weighted by molar-refractivity contribution is 0.386. The number of nitrogens with two attached hydrogens (primary N) is 1. The first-order valence-electron chi connectivity index (χ1n) is 5.77. The molecule has 0 aliphatic carbocycles. The van der Waals surface area contributed by atoms with E-state index in [1.165, 1.54) is 13.2 Å². The number of anilines is 1. The fourth-order valence-electron chi connectivity index (χ4n) is 2.06. The zero-order valence-electron chi connectivity index (χ0n) is 10.3. The molecule has 0 amide bonds. The molecule has 0 aliphatic rings. The summed E-state index contributed by atoms with van der Waals surface area (Å²) in [6, 6.07) is 10.5. The van der Waals surface area contributed by atoms with Gasteiger partial charge >= 0.3 is 0 Å². The molecular weight excluding hydrogens is 245 g/mol. The van der Waals surface area contributed by atoms with Crippen molar-refractivity contribution in [3.05, 3.63) is 48.4 Å². The molecule has 0 fully saturated rings. The van der Waals surface area contributed by atoms with E-state index < -0.39 is 5.82 Å². The zero-order chi connectivity index (χ0) is 13.4. The average molecular weight is 257 g/mol. The van der Waals surface area contributed by atoms with Crippen LogP contribution in [0.4, 0.5) is 10.1 Å². The summed E-state index contributed by atoms with van der Waals surface area (Å²) in [5.74, 6) is -0.344. The number of halogens is 1. The first-order chi connectivity index (χ1) is 9.20. The Morgan fingerprint density at radius 2 is 2.05 bits per heavy atom. The Balaban J connectivity index is 2.27. The highest BCUT2D eigenvalue weighted by Gasteiger charge is 2.12. The van der Waals surface area contributed by atoms with Gasteiger partial charge in [-0.05, 0) is 6.07 Å². The Labute approximate surface area is 109 Å². The third-order valence-electron chi connectivity index (χ3n) is 3.01. The number of nitrogens with zero attached hydrogens (tertiary/aromatic N) is 2. The van der Waals surface area contributed by atoms with Crippen LogP contribution in [0.1, 0.15) is 0 Å². The quantitative estimate of drug-likeness (QED) is 0.718. The van der Waals surface area contributed by atoms with Crippen molar-refractivity contribution in [2.75, 3.05) is 12.8 Å². The van der Waals surface area contributed by atoms with E-state index in [9.17, 15) is 4.39 Å². The normalized spacial score (nSPS) is 10.8. The van der Waals surface area contributed by atoms with E-state index in [4.69, 9.17) is 10.5 Å². The molecule has 0 atom stereocenters. The van der Waals surface area contributed by atoms with Crippen LogP contribution in [0.5, 0.6) is 5.75 Å². The number of para-hydroxylation sites is 1. The van der Waals surface area contributed by atoms with Gasteiger partial charge in [-0.2, -0.15) is 5.10 Å². The highest BCUT2D eigenvalue weighted by Crippen LogP contribution is 2.28. The Hall–Kier alpha value is -2.56. The zero-order valence-corrected chi connectivity index (χ0v) is 10.3. The van der Waals surface area contributed by atoms with Gasteiger partial charge in [0.05, 0.1) is 30.2 Å². The first kappa shape index (κ1) is 11.5. The molecule has 2 aromatic carbocycles. The molecule has 96 valence electrons. The summed E-state index contributed by atoms with van der Waals surface area (Å²) < 4.78 is 20.2. The third-order valence-corrected chi connectivity index (χ3v) is 3.01. The van der Waals surface area contributed by atoms with Crippen molar-refractivity contribution >= 4 is 16.6 Å². The number of rotatable bonds is 2. The van der Waals surface area contributed by atoms with Crippen LogP contribution in [0, 0.1) is 5.82 Å². The van der Waals surface area contributed by atoms with Gasteiger partial charge in [0.1, 0.15) is 0 Å². The number of fused-ring (bicyclic) bond motifs is 1. The number of aromatic nitrogens is 2. The van der Waals surface area contributed by atoms with E-state index in [1.54, 1.807) is 16.9 Å². The minimum Gasteiger partial charge on any atom is -0.494 e. The molecule has 0 bridgehead atoms. The molecular formula is C14H12FN3O. The topological polar surface area (TPSA) is 53.1 Å². The van der Waals surface area contributed by atoms with Crippen LogP contribution in [0.25, 0.3) is 16.6 Å². The highest BCUT2D eigenvalue weighted by atomic mass is 19.1. The lowest BCUT2D eigenvalue weighted by atomic mass is 10.2. The molecule has 4 nitrogen and oxygen atoms in total. The van der Waals surface area contributed by atoms with Crippen LogP contribution in [-0.2, 0) is 0 Å². The standard InChI is InChI=1S/C14H12FN3O/c1-19-14-7-13(11(16)6-10(14)15)18-12-5-3-2-4-9(12)8-17-18/h2-8H,16H2,1H3. The van der Waals surface area contributed by atoms with Crippen LogP contribution < -0.4 is 10.5 Å². The summed E-state index contributed by atoms with van der Waals surface area (Å²) >= 11 is 0. The predicted octanol–water partition coefficient (Wildman–Crippen LogP) is 2.76. The van der Waals surface area contributed by atoms with E-state index >= 15 is 0 Å². The van der Waals surface area contributed by atoms with E-state index in [-0.39, 0.29) is 5.75 Å². The minimum absolute atomic E-state index is 0.142. The number of hydrogen-bond acceptors (Lipinski definition) is 3. The van der Waals surface area contributed by atoms with Gasteiger partial charge in [0.2, 0.25) is 0 Å². The molecule has 0 aliphatic heterocycles. The first-order valence-corrected chi connectivity index (χ1v) is 5.77. The molecule has 3 rings (SSSR count). The van der Waals surface area contributed by atoms with Gasteiger partial charge in [0.25, 0.3) is 0 Å². The maximum atomic E-state index is 13.6. The lowest BCUT2D eigenvalue weighted by Crippen LogP contribution is -2.03. The van der Waals surface area contributed by atoms with Crippen molar-refractivity contribution < 1.29 is 9.13 Å². The predicted molar refractivity (Wildman–Crippen MR) is 72.0 cm³/mol. The number of ether oxygens (including phenoxy) is 1. The van der Waals surface area contributed by atoms with Crippen molar-refractivity contribution in [1.82, 2.24) is 9.78 Å². The number of methoxy groups -OCH3 is 1. The summed E-state index contributed by atoms with van der Waals surface area (Å²) in [5.41, 5.74) is 7.69. The van der Waals surface area contributed by atoms with Gasteiger partial charge < -0.3 is 10.5 Å². The van der Waals surface area contributed by atoms with Crippen LogP contribution >= 0.6 is 0 Å². The van der Waals surface area contributed by atoms with Crippen molar-refractivity contribution in [3.8, 4) is 11.4 Å². The average Bonchev–Trinajstić information content (AvgIpc) is 2.83. The minimum atomic E-state index is -0.486. The van der Waals surface area contributed by atoms with Crippen LogP contribution in [0.15, 0.2) is 42.6 Å². The van der Waals surface area contributed by atoms with Crippen LogP contribution in [0.3, 0.4) is 0 Å². The van der Waals surface area contributed by atoms with E-state index in [2.05, 4.69) is 5.10 Å². The van der Waals surface area contributed by atoms with Gasteiger partial charge in [-0.1, -0.05) is 18.2 Å². The Morgan fingerprint density at radius 1 is 1.26 bits per heavy atom. The fraction of sp³-hybridized carbons (Fsp3) is 0.0714. The molecule has 0 saturated carbocycles. The largest absolute Gasteiger partial charge is 0.494 e. The summed E-state index contributed by atoms with van der Waals surface area (Å²) in [6.07, 6.45) is 1.74. The third kappa shape index (κ3) is 1.79. The van der Waals surface area contributed by atoms with Crippen molar-refractivity contribution in [2.24, 2.45) is 0 Å². The van der Waals surface area contributed by atoms with Gasteiger partial charge in [-0.25, -0.2) is 9.07 Å². The monoisotopic (exact) mass is 257 g/mol. The molecule has 5 heteroatoms. The molecule has 0 spiro atoms. The molecule has 19 heavy (non-hydrogen) atoms. The molecule has 1 heterocycles. The van der Waals surface area contributed by atoms with Gasteiger partial charge in [0, 0.05) is 17.5 Å². The van der Waals surface area contributed by atoms with E-state index in [0.717, 1.165) is 10.9 Å². The van der Waals surface area contributed by atoms with E-state index in [1.807, 2.05) is 24.3 Å². The fourth-order valence-corrected chi connectivity index (χ4v) is 2.06. The number of nitrogen functional groups attached to an aromatic ring is 1. The van der Waals surface area contributed by atoms with Gasteiger partial charge in [-0.15, -0.1) is 0 Å². The highest BCUT2D eigenvalue weighted by molar-refractivity contribution is 5.81. The Morgan fingerprint density at radius 3 is 2.84 bits per heavy atom. The van der Waals surface area contributed by atoms with E-state index in [0.29, 0.717) is 11.4 Å². The Bertz CT molecular complexity index is 752. The number of benzene rings is 2. The molecule has 2 N–H and O–H groups in total. The maximum absolute atomic E-state index is 13.6. The second kappa shape index (κ2) is 4.28. The number of hydrogen-bond donors (Lipinski definition) is 1. The summed E-state index contributed by atoms with van der Waals surface area (Å²) in [6.45, 7) is 0. The van der Waals surface area contributed by atoms with Gasteiger partial charge in [0.15, 0.2) is 11.6 Å².